The predicted molar refractivity (Wildman–Crippen MR) is 126 cm³/mol. The molecule has 0 radical (unpaired) electrons. The van der Waals surface area contributed by atoms with Gasteiger partial charge in [-0.05, 0) is 36.8 Å². The molecule has 0 bridgehead atoms. The van der Waals surface area contributed by atoms with Crippen molar-refractivity contribution in [3.05, 3.63) is 69.9 Å². The van der Waals surface area contributed by atoms with Gasteiger partial charge in [0.15, 0.2) is 5.65 Å². The SMILES string of the molecule is CC[C@H]1CCc2c(sc(NC(=O)c3cnn4c(C(F)F)cc(-c5ccccc5)nc34)c2C#N)C1. The lowest BCUT2D eigenvalue weighted by Gasteiger charge is -2.20. The second kappa shape index (κ2) is 8.95. The van der Waals surface area contributed by atoms with Crippen LogP contribution in [-0.2, 0) is 12.8 Å². The number of aromatic nitrogens is 3. The van der Waals surface area contributed by atoms with Gasteiger partial charge < -0.3 is 5.32 Å². The number of fused-ring (bicyclic) bond motifs is 2. The minimum absolute atomic E-state index is 0.0417. The summed E-state index contributed by atoms with van der Waals surface area (Å²) in [5, 5.41) is 17.1. The Bertz CT molecular complexity index is 1420. The van der Waals surface area contributed by atoms with E-state index in [0.29, 0.717) is 27.7 Å². The zero-order valence-electron chi connectivity index (χ0n) is 18.4. The lowest BCUT2D eigenvalue weighted by Crippen LogP contribution is -2.13. The molecule has 3 heterocycles. The van der Waals surface area contributed by atoms with E-state index in [9.17, 15) is 18.8 Å². The number of nitrogens with one attached hydrogen (secondary N) is 1. The Hall–Kier alpha value is -3.64. The quantitative estimate of drug-likeness (QED) is 0.380. The molecule has 1 amide bonds. The fourth-order valence-electron chi connectivity index (χ4n) is 4.44. The summed E-state index contributed by atoms with van der Waals surface area (Å²) in [7, 11) is 0. The van der Waals surface area contributed by atoms with Crippen LogP contribution in [0.1, 0.15) is 58.2 Å². The number of amides is 1. The monoisotopic (exact) mass is 477 g/mol. The highest BCUT2D eigenvalue weighted by Gasteiger charge is 2.27. The van der Waals surface area contributed by atoms with Crippen molar-refractivity contribution >= 4 is 27.9 Å². The fraction of sp³-hybridized carbons (Fsp3) is 0.280. The Kier molecular flexibility index (Phi) is 5.84. The molecule has 6 nitrogen and oxygen atoms in total. The van der Waals surface area contributed by atoms with Gasteiger partial charge in [-0.3, -0.25) is 4.79 Å². The van der Waals surface area contributed by atoms with Gasteiger partial charge in [0.05, 0.1) is 17.5 Å². The van der Waals surface area contributed by atoms with Crippen LogP contribution in [0.5, 0.6) is 0 Å². The van der Waals surface area contributed by atoms with Crippen molar-refractivity contribution in [3.63, 3.8) is 0 Å². The maximum absolute atomic E-state index is 13.8. The van der Waals surface area contributed by atoms with Crippen LogP contribution in [0.15, 0.2) is 42.6 Å². The van der Waals surface area contributed by atoms with Gasteiger partial charge in [0, 0.05) is 10.4 Å². The molecule has 4 aromatic rings. The number of rotatable bonds is 5. The van der Waals surface area contributed by atoms with Crippen LogP contribution in [0, 0.1) is 17.2 Å². The minimum Gasteiger partial charge on any atom is -0.312 e. The van der Waals surface area contributed by atoms with E-state index in [4.69, 9.17) is 0 Å². The van der Waals surface area contributed by atoms with Crippen LogP contribution in [0.3, 0.4) is 0 Å². The summed E-state index contributed by atoms with van der Waals surface area (Å²) in [5.74, 6) is 0.0457. The number of nitrogens with zero attached hydrogens (tertiary/aromatic N) is 4. The van der Waals surface area contributed by atoms with Crippen molar-refractivity contribution in [3.8, 4) is 17.3 Å². The summed E-state index contributed by atoms with van der Waals surface area (Å²) >= 11 is 1.42. The molecular formula is C25H21F2N5OS. The van der Waals surface area contributed by atoms with E-state index in [2.05, 4.69) is 28.4 Å². The lowest BCUT2D eigenvalue weighted by molar-refractivity contribution is 0.102. The zero-order valence-corrected chi connectivity index (χ0v) is 19.2. The average Bonchev–Trinajstić information content (AvgIpc) is 3.44. The highest BCUT2D eigenvalue weighted by atomic mass is 32.1. The van der Waals surface area contributed by atoms with Gasteiger partial charge in [0.1, 0.15) is 22.3 Å². The Morgan fingerprint density at radius 2 is 2.15 bits per heavy atom. The number of hydrogen-bond acceptors (Lipinski definition) is 5. The zero-order chi connectivity index (χ0) is 23.8. The molecule has 0 fully saturated rings. The highest BCUT2D eigenvalue weighted by Crippen LogP contribution is 2.40. The van der Waals surface area contributed by atoms with E-state index in [1.165, 1.54) is 23.6 Å². The molecule has 1 aliphatic carbocycles. The first-order valence-electron chi connectivity index (χ1n) is 11.1. The Labute approximate surface area is 198 Å². The van der Waals surface area contributed by atoms with Gasteiger partial charge in [-0.2, -0.15) is 10.4 Å². The Balaban J connectivity index is 1.54. The first kappa shape index (κ1) is 22.2. The van der Waals surface area contributed by atoms with Gasteiger partial charge in [0.2, 0.25) is 0 Å². The summed E-state index contributed by atoms with van der Waals surface area (Å²) in [6, 6.07) is 12.5. The molecule has 1 aliphatic rings. The first-order chi connectivity index (χ1) is 16.5. The molecule has 34 heavy (non-hydrogen) atoms. The number of hydrogen-bond donors (Lipinski definition) is 1. The lowest BCUT2D eigenvalue weighted by atomic mass is 9.86. The maximum atomic E-state index is 13.8. The van der Waals surface area contributed by atoms with Crippen molar-refractivity contribution in [2.45, 2.75) is 39.0 Å². The third-order valence-electron chi connectivity index (χ3n) is 6.32. The number of thiophene rings is 1. The van der Waals surface area contributed by atoms with Gasteiger partial charge >= 0.3 is 0 Å². The molecule has 1 atom stereocenters. The molecule has 0 aliphatic heterocycles. The topological polar surface area (TPSA) is 83.1 Å². The van der Waals surface area contributed by atoms with Gasteiger partial charge in [-0.25, -0.2) is 18.3 Å². The van der Waals surface area contributed by atoms with Crippen molar-refractivity contribution in [2.24, 2.45) is 5.92 Å². The van der Waals surface area contributed by atoms with E-state index in [0.717, 1.165) is 40.6 Å². The van der Waals surface area contributed by atoms with Crippen LogP contribution in [0.4, 0.5) is 13.8 Å². The number of alkyl halides is 2. The number of carbonyl (C=O) groups is 1. The van der Waals surface area contributed by atoms with E-state index < -0.39 is 12.3 Å². The van der Waals surface area contributed by atoms with E-state index in [-0.39, 0.29) is 16.9 Å². The van der Waals surface area contributed by atoms with Crippen molar-refractivity contribution in [1.82, 2.24) is 14.6 Å². The van der Waals surface area contributed by atoms with Gasteiger partial charge in [0.25, 0.3) is 12.3 Å². The minimum atomic E-state index is -2.80. The molecule has 172 valence electrons. The Morgan fingerprint density at radius 1 is 1.35 bits per heavy atom. The highest BCUT2D eigenvalue weighted by molar-refractivity contribution is 7.16. The largest absolute Gasteiger partial charge is 0.312 e. The number of nitriles is 1. The molecule has 0 unspecified atom stereocenters. The van der Waals surface area contributed by atoms with E-state index in [1.54, 1.807) is 24.3 Å². The second-order valence-corrected chi connectivity index (χ2v) is 9.42. The predicted octanol–water partition coefficient (Wildman–Crippen LogP) is 6.03. The molecule has 0 spiro atoms. The molecule has 9 heteroatoms. The standard InChI is InChI=1S/C25H21F2N5OS/c1-2-14-8-9-16-17(12-28)25(34-21(16)10-14)31-24(33)18-13-29-32-20(22(26)27)11-19(30-23(18)32)15-6-4-3-5-7-15/h3-7,11,13-14,22H,2,8-10H2,1H3,(H,31,33)/t14-/m0/s1. The second-order valence-electron chi connectivity index (χ2n) is 8.32. The number of carbonyl (C=O) groups excluding carboxylic acids is 1. The van der Waals surface area contributed by atoms with E-state index >= 15 is 0 Å². The van der Waals surface area contributed by atoms with Crippen molar-refractivity contribution in [2.75, 3.05) is 5.32 Å². The first-order valence-corrected chi connectivity index (χ1v) is 11.9. The summed E-state index contributed by atoms with van der Waals surface area (Å²) in [6.45, 7) is 2.16. The third-order valence-corrected chi connectivity index (χ3v) is 7.49. The normalized spacial score (nSPS) is 15.3. The molecule has 0 saturated carbocycles. The molecule has 1 N–H and O–H groups in total. The summed E-state index contributed by atoms with van der Waals surface area (Å²) in [6.07, 6.45) is 2.26. The maximum Gasteiger partial charge on any atom is 0.280 e. The van der Waals surface area contributed by atoms with E-state index in [1.807, 2.05) is 6.07 Å². The summed E-state index contributed by atoms with van der Waals surface area (Å²) < 4.78 is 28.6. The molecule has 0 saturated heterocycles. The van der Waals surface area contributed by atoms with Crippen LogP contribution in [0.25, 0.3) is 16.9 Å². The van der Waals surface area contributed by atoms with Gasteiger partial charge in [-0.15, -0.1) is 11.3 Å². The average molecular weight is 478 g/mol. The molecule has 3 aromatic heterocycles. The Morgan fingerprint density at radius 3 is 2.85 bits per heavy atom. The summed E-state index contributed by atoms with van der Waals surface area (Å²) in [5.41, 5.74) is 2.25. The van der Waals surface area contributed by atoms with Crippen LogP contribution < -0.4 is 5.32 Å². The molecule has 5 rings (SSSR count). The molecular weight excluding hydrogens is 456 g/mol. The van der Waals surface area contributed by atoms with Crippen molar-refractivity contribution in [1.29, 1.82) is 5.26 Å². The smallest absolute Gasteiger partial charge is 0.280 e. The fourth-order valence-corrected chi connectivity index (χ4v) is 5.75. The summed E-state index contributed by atoms with van der Waals surface area (Å²) in [4.78, 5) is 18.8. The number of halogens is 2. The van der Waals surface area contributed by atoms with Crippen molar-refractivity contribution < 1.29 is 13.6 Å². The van der Waals surface area contributed by atoms with Crippen LogP contribution in [0.2, 0.25) is 0 Å². The number of anilines is 1. The van der Waals surface area contributed by atoms with Crippen LogP contribution in [-0.4, -0.2) is 20.5 Å². The van der Waals surface area contributed by atoms with Crippen LogP contribution >= 0.6 is 11.3 Å². The third kappa shape index (κ3) is 3.84. The number of benzene rings is 1. The van der Waals surface area contributed by atoms with Gasteiger partial charge in [-0.1, -0.05) is 43.7 Å². The molecule has 1 aromatic carbocycles.